The van der Waals surface area contributed by atoms with E-state index in [4.69, 9.17) is 23.1 Å². The number of ketones is 1. The van der Waals surface area contributed by atoms with Crippen molar-refractivity contribution in [2.45, 2.75) is 43.9 Å². The fourth-order valence-electron chi connectivity index (χ4n) is 6.39. The summed E-state index contributed by atoms with van der Waals surface area (Å²) in [5.41, 5.74) is 14.8. The molecule has 0 bridgehead atoms. The van der Waals surface area contributed by atoms with Crippen LogP contribution in [0, 0.1) is 11.8 Å². The minimum Gasteiger partial charge on any atom is -0.388 e. The third-order valence-corrected chi connectivity index (χ3v) is 10.6. The number of carbonyl (C=O) groups excluding carboxylic acids is 3. The van der Waals surface area contributed by atoms with Crippen LogP contribution in [0.1, 0.15) is 43.7 Å². The average molecular weight is 705 g/mol. The Morgan fingerprint density at radius 1 is 1.04 bits per heavy atom. The highest BCUT2D eigenvalue weighted by molar-refractivity contribution is 8.03. The maximum Gasteiger partial charge on any atom is 0.251 e. The van der Waals surface area contributed by atoms with E-state index in [0.717, 1.165) is 21.4 Å². The van der Waals surface area contributed by atoms with Crippen molar-refractivity contribution in [2.24, 2.45) is 28.3 Å². The van der Waals surface area contributed by atoms with Crippen LogP contribution in [0.2, 0.25) is 5.15 Å². The number of thioether (sulfide) groups is 1. The molecule has 3 aromatic rings. The average Bonchev–Trinajstić information content (AvgIpc) is 3.50. The number of H-pyrrole nitrogens is 1. The number of pyridine rings is 1. The summed E-state index contributed by atoms with van der Waals surface area (Å²) in [6.07, 6.45) is 11.0. The molecule has 0 saturated carbocycles. The first kappa shape index (κ1) is 36.3. The second kappa shape index (κ2) is 17.6. The molecular formula is C36H45ClN8O3S. The van der Waals surface area contributed by atoms with Gasteiger partial charge in [0.2, 0.25) is 5.91 Å². The Kier molecular flexibility index (Phi) is 13.1. The lowest BCUT2D eigenvalue weighted by Crippen LogP contribution is -2.47. The molecule has 1 aliphatic carbocycles. The number of allylic oxidation sites excluding steroid dienone is 1. The van der Waals surface area contributed by atoms with Crippen LogP contribution in [0.15, 0.2) is 75.5 Å². The first-order valence-corrected chi connectivity index (χ1v) is 18.0. The highest BCUT2D eigenvalue weighted by Gasteiger charge is 2.40. The van der Waals surface area contributed by atoms with Crippen molar-refractivity contribution >= 4 is 58.1 Å². The smallest absolute Gasteiger partial charge is 0.251 e. The van der Waals surface area contributed by atoms with Crippen molar-refractivity contribution in [3.8, 4) is 0 Å². The molecule has 1 aromatic carbocycles. The van der Waals surface area contributed by atoms with E-state index in [9.17, 15) is 14.4 Å². The Labute approximate surface area is 296 Å². The number of benzene rings is 1. The lowest BCUT2D eigenvalue weighted by Gasteiger charge is -2.35. The van der Waals surface area contributed by atoms with Gasteiger partial charge >= 0.3 is 0 Å². The minimum atomic E-state index is -0.433. The van der Waals surface area contributed by atoms with Gasteiger partial charge in [0.15, 0.2) is 0 Å². The predicted molar refractivity (Wildman–Crippen MR) is 196 cm³/mol. The van der Waals surface area contributed by atoms with Gasteiger partial charge in [-0.1, -0.05) is 48.5 Å². The number of rotatable bonds is 9. The van der Waals surface area contributed by atoms with Gasteiger partial charge in [0.1, 0.15) is 17.5 Å². The molecule has 5 rings (SSSR count). The number of aromatic amines is 1. The molecule has 49 heavy (non-hydrogen) atoms. The summed E-state index contributed by atoms with van der Waals surface area (Å²) >= 11 is 7.90. The third kappa shape index (κ3) is 8.99. The van der Waals surface area contributed by atoms with E-state index in [0.29, 0.717) is 81.0 Å². The zero-order valence-corrected chi connectivity index (χ0v) is 29.4. The molecule has 0 radical (unpaired) electrons. The van der Waals surface area contributed by atoms with Gasteiger partial charge < -0.3 is 31.6 Å². The molecule has 0 saturated heterocycles. The monoisotopic (exact) mass is 704 g/mol. The Morgan fingerprint density at radius 3 is 2.65 bits per heavy atom. The summed E-state index contributed by atoms with van der Waals surface area (Å²) in [4.78, 5) is 59.5. The molecule has 1 unspecified atom stereocenters. The van der Waals surface area contributed by atoms with Crippen molar-refractivity contribution in [3.05, 3.63) is 81.9 Å². The molecule has 0 fully saturated rings. The second-order valence-corrected chi connectivity index (χ2v) is 13.8. The van der Waals surface area contributed by atoms with Crippen LogP contribution in [0.4, 0.5) is 0 Å². The fraction of sp³-hybridized carbons (Fsp3) is 0.417. The van der Waals surface area contributed by atoms with Crippen LogP contribution in [-0.2, 0) is 20.8 Å². The summed E-state index contributed by atoms with van der Waals surface area (Å²) in [6, 6.07) is 9.82. The molecule has 11 nitrogen and oxygen atoms in total. The van der Waals surface area contributed by atoms with E-state index in [2.05, 4.69) is 20.3 Å². The van der Waals surface area contributed by atoms with Crippen molar-refractivity contribution in [1.82, 2.24) is 25.1 Å². The molecule has 1 aliphatic heterocycles. The molecule has 2 aliphatic rings. The number of nitrogens with zero attached hydrogens (tertiary/aromatic N) is 4. The number of para-hydroxylation sites is 1. The second-order valence-electron chi connectivity index (χ2n) is 12.3. The maximum absolute atomic E-state index is 14.9. The zero-order valence-electron chi connectivity index (χ0n) is 27.9. The van der Waals surface area contributed by atoms with E-state index in [1.807, 2.05) is 43.5 Å². The van der Waals surface area contributed by atoms with Crippen molar-refractivity contribution in [2.75, 3.05) is 45.8 Å². The Balaban J connectivity index is 1.59. The Hall–Kier alpha value is -3.97. The van der Waals surface area contributed by atoms with Crippen LogP contribution in [0.3, 0.4) is 0 Å². The van der Waals surface area contributed by atoms with Gasteiger partial charge in [-0.2, -0.15) is 0 Å². The van der Waals surface area contributed by atoms with Crippen LogP contribution in [0.5, 0.6) is 0 Å². The molecule has 260 valence electrons. The number of aliphatic imine (C=N–C) groups is 1. The fourth-order valence-corrected chi connectivity index (χ4v) is 7.91. The first-order chi connectivity index (χ1) is 23.8. The zero-order chi connectivity index (χ0) is 34.8. The normalized spacial score (nSPS) is 20.9. The topological polar surface area (TPSA) is 163 Å². The minimum absolute atomic E-state index is 0.0609. The van der Waals surface area contributed by atoms with E-state index in [1.54, 1.807) is 34.6 Å². The molecule has 0 spiro atoms. The number of nitrogens with one attached hydrogen (secondary N) is 2. The molecule has 2 aromatic heterocycles. The Bertz CT molecular complexity index is 1740. The summed E-state index contributed by atoms with van der Waals surface area (Å²) < 4.78 is 0. The number of hydrogen-bond acceptors (Lipinski definition) is 9. The SMILES string of the molecule is CC1C2=C(CC(=O)[C@H]1Cc1c[nH]c3ccccc13)Sc1ccnc(Cl)c1/C=N\C=C/NCCN(CCCN)C(=O)CN(CCCCN)C2=O. The van der Waals surface area contributed by atoms with E-state index < -0.39 is 11.8 Å². The van der Waals surface area contributed by atoms with Gasteiger partial charge in [0.05, 0.1) is 0 Å². The van der Waals surface area contributed by atoms with Crippen LogP contribution >= 0.6 is 23.4 Å². The number of unbranched alkanes of at least 4 members (excludes halogenated alkanes) is 1. The lowest BCUT2D eigenvalue weighted by molar-refractivity contribution is -0.139. The lowest BCUT2D eigenvalue weighted by atomic mass is 9.75. The van der Waals surface area contributed by atoms with Gasteiger partial charge in [-0.15, -0.1) is 0 Å². The van der Waals surface area contributed by atoms with Crippen molar-refractivity contribution in [3.63, 3.8) is 0 Å². The number of aromatic nitrogens is 2. The van der Waals surface area contributed by atoms with Crippen LogP contribution in [-0.4, -0.2) is 89.4 Å². The summed E-state index contributed by atoms with van der Waals surface area (Å²) in [5.74, 6) is -1.19. The van der Waals surface area contributed by atoms with Crippen molar-refractivity contribution in [1.29, 1.82) is 0 Å². The quantitative estimate of drug-likeness (QED) is 0.190. The van der Waals surface area contributed by atoms with Gasteiger partial charge in [0, 0.05) is 101 Å². The molecule has 3 heterocycles. The number of nitrogens with two attached hydrogens (primary N) is 2. The van der Waals surface area contributed by atoms with E-state index >= 15 is 0 Å². The largest absolute Gasteiger partial charge is 0.388 e. The number of hydrogen-bond donors (Lipinski definition) is 4. The predicted octanol–water partition coefficient (Wildman–Crippen LogP) is 4.27. The molecular weight excluding hydrogens is 660 g/mol. The van der Waals surface area contributed by atoms with E-state index in [1.165, 1.54) is 11.8 Å². The van der Waals surface area contributed by atoms with Gasteiger partial charge in [-0.3, -0.25) is 19.4 Å². The van der Waals surface area contributed by atoms with Gasteiger partial charge in [-0.05, 0) is 62.4 Å². The molecule has 13 heteroatoms. The summed E-state index contributed by atoms with van der Waals surface area (Å²) in [5, 5.41) is 4.50. The number of Topliss-reactive ketones (excluding diaryl/α,β-unsaturated/α-hetero) is 1. The maximum atomic E-state index is 14.9. The van der Waals surface area contributed by atoms with Crippen LogP contribution < -0.4 is 16.8 Å². The third-order valence-electron chi connectivity index (χ3n) is 9.08. The standard InChI is InChI=1S/C36H45ClN8O3S/c1-24-27(19-25-21-43-29-8-3-2-7-26(25)29)30(46)20-32-34(24)36(48)45(16-5-4-10-38)23-33(47)44(17-6-11-39)18-15-40-13-14-41-22-28-31(49-32)9-12-42-35(28)37/h2-3,7-9,12-14,21-22,24,27,40,43H,4-6,10-11,15-20,23,38-39H2,1H3/b14-13-,41-22-/t24?,27-/m0/s1. The van der Waals surface area contributed by atoms with Gasteiger partial charge in [-0.25, -0.2) is 4.98 Å². The van der Waals surface area contributed by atoms with E-state index in [-0.39, 0.29) is 35.7 Å². The molecule has 6 N–H and O–H groups in total. The Morgan fingerprint density at radius 2 is 1.84 bits per heavy atom. The summed E-state index contributed by atoms with van der Waals surface area (Å²) in [6.45, 7) is 4.55. The number of fused-ring (bicyclic) bond motifs is 2. The molecule has 2 amide bonds. The molecule has 2 atom stereocenters. The van der Waals surface area contributed by atoms with Gasteiger partial charge in [0.25, 0.3) is 5.91 Å². The van der Waals surface area contributed by atoms with Crippen LogP contribution in [0.25, 0.3) is 10.9 Å². The summed E-state index contributed by atoms with van der Waals surface area (Å²) in [7, 11) is 0. The first-order valence-electron chi connectivity index (χ1n) is 16.8. The highest BCUT2D eigenvalue weighted by atomic mass is 35.5. The van der Waals surface area contributed by atoms with Crippen molar-refractivity contribution < 1.29 is 14.4 Å². The number of halogens is 1. The number of carbonyl (C=O) groups is 3. The highest BCUT2D eigenvalue weighted by Crippen LogP contribution is 2.44. The number of amides is 2.